The molecule has 0 aliphatic carbocycles. The molecule has 1 aromatic heterocycles. The lowest BCUT2D eigenvalue weighted by Gasteiger charge is -2.09. The predicted octanol–water partition coefficient (Wildman–Crippen LogP) is 2.28. The SMILES string of the molecule is CC(=O)NNC(=O)CSc1nc2ccccc2n1-c1ccccc1. The van der Waals surface area contributed by atoms with Crippen LogP contribution in [-0.4, -0.2) is 27.1 Å². The summed E-state index contributed by atoms with van der Waals surface area (Å²) in [6, 6.07) is 17.7. The van der Waals surface area contributed by atoms with Gasteiger partial charge < -0.3 is 0 Å². The maximum absolute atomic E-state index is 11.8. The summed E-state index contributed by atoms with van der Waals surface area (Å²) >= 11 is 1.32. The van der Waals surface area contributed by atoms with E-state index in [-0.39, 0.29) is 17.6 Å². The number of para-hydroxylation sites is 3. The second-order valence-electron chi connectivity index (χ2n) is 5.07. The minimum atomic E-state index is -0.315. The number of fused-ring (bicyclic) bond motifs is 1. The van der Waals surface area contributed by atoms with Crippen molar-refractivity contribution in [1.82, 2.24) is 20.4 Å². The first-order chi connectivity index (χ1) is 11.6. The van der Waals surface area contributed by atoms with Gasteiger partial charge in [0.2, 0.25) is 11.8 Å². The van der Waals surface area contributed by atoms with E-state index in [2.05, 4.69) is 15.8 Å². The van der Waals surface area contributed by atoms with Gasteiger partial charge in [-0.15, -0.1) is 0 Å². The second-order valence-corrected chi connectivity index (χ2v) is 6.01. The quantitative estimate of drug-likeness (QED) is 0.564. The Morgan fingerprint density at radius 1 is 1.04 bits per heavy atom. The average molecular weight is 340 g/mol. The molecule has 0 saturated heterocycles. The van der Waals surface area contributed by atoms with Crippen molar-refractivity contribution in [3.63, 3.8) is 0 Å². The molecule has 3 aromatic rings. The van der Waals surface area contributed by atoms with Gasteiger partial charge in [-0.2, -0.15) is 0 Å². The van der Waals surface area contributed by atoms with Crippen molar-refractivity contribution >= 4 is 34.6 Å². The fraction of sp³-hybridized carbons (Fsp3) is 0.118. The van der Waals surface area contributed by atoms with Gasteiger partial charge in [-0.3, -0.25) is 25.0 Å². The molecule has 2 amide bonds. The molecule has 2 N–H and O–H groups in total. The molecule has 1 heterocycles. The smallest absolute Gasteiger partial charge is 0.248 e. The van der Waals surface area contributed by atoms with E-state index in [0.717, 1.165) is 21.9 Å². The molecule has 2 aromatic carbocycles. The monoisotopic (exact) mass is 340 g/mol. The summed E-state index contributed by atoms with van der Waals surface area (Å²) in [5.74, 6) is -0.456. The fourth-order valence-corrected chi connectivity index (χ4v) is 3.08. The Kier molecular flexibility index (Phi) is 4.81. The molecule has 0 bridgehead atoms. The molecule has 122 valence electrons. The standard InChI is InChI=1S/C17H16N4O2S/c1-12(22)19-20-16(23)11-24-17-18-14-9-5-6-10-15(14)21(17)13-7-3-2-4-8-13/h2-10H,11H2,1H3,(H,19,22)(H,20,23). The summed E-state index contributed by atoms with van der Waals surface area (Å²) in [5.41, 5.74) is 7.45. The maximum atomic E-state index is 11.8. The van der Waals surface area contributed by atoms with Crippen molar-refractivity contribution in [1.29, 1.82) is 0 Å². The first kappa shape index (κ1) is 16.1. The number of aromatic nitrogens is 2. The van der Waals surface area contributed by atoms with Crippen LogP contribution < -0.4 is 10.9 Å². The lowest BCUT2D eigenvalue weighted by molar-refractivity contribution is -0.126. The Morgan fingerprint density at radius 3 is 2.50 bits per heavy atom. The molecular weight excluding hydrogens is 324 g/mol. The van der Waals surface area contributed by atoms with Gasteiger partial charge in [0.05, 0.1) is 16.8 Å². The Labute approximate surface area is 143 Å². The molecule has 0 spiro atoms. The zero-order chi connectivity index (χ0) is 16.9. The Balaban J connectivity index is 1.88. The topological polar surface area (TPSA) is 76.0 Å². The Morgan fingerprint density at radius 2 is 1.75 bits per heavy atom. The van der Waals surface area contributed by atoms with Crippen LogP contribution in [-0.2, 0) is 9.59 Å². The van der Waals surface area contributed by atoms with Crippen molar-refractivity contribution in [3.05, 3.63) is 54.6 Å². The largest absolute Gasteiger partial charge is 0.287 e. The van der Waals surface area contributed by atoms with Crippen LogP contribution in [0.4, 0.5) is 0 Å². The predicted molar refractivity (Wildman–Crippen MR) is 93.8 cm³/mol. The van der Waals surface area contributed by atoms with Gasteiger partial charge in [0.25, 0.3) is 0 Å². The number of hydrogen-bond acceptors (Lipinski definition) is 4. The van der Waals surface area contributed by atoms with Crippen LogP contribution in [0.1, 0.15) is 6.92 Å². The number of carbonyl (C=O) groups excluding carboxylic acids is 2. The van der Waals surface area contributed by atoms with Gasteiger partial charge in [-0.05, 0) is 24.3 Å². The molecule has 6 nitrogen and oxygen atoms in total. The number of hydrazine groups is 1. The van der Waals surface area contributed by atoms with Crippen molar-refractivity contribution in [3.8, 4) is 5.69 Å². The minimum absolute atomic E-state index is 0.149. The van der Waals surface area contributed by atoms with Crippen LogP contribution in [0.3, 0.4) is 0 Å². The zero-order valence-electron chi connectivity index (χ0n) is 13.0. The second kappa shape index (κ2) is 7.18. The summed E-state index contributed by atoms with van der Waals surface area (Å²) in [7, 11) is 0. The summed E-state index contributed by atoms with van der Waals surface area (Å²) in [4.78, 5) is 27.2. The molecule has 0 atom stereocenters. The van der Waals surface area contributed by atoms with Crippen molar-refractivity contribution < 1.29 is 9.59 Å². The summed E-state index contributed by atoms with van der Waals surface area (Å²) in [6.45, 7) is 1.34. The normalized spacial score (nSPS) is 10.5. The number of hydrogen-bond donors (Lipinski definition) is 2. The number of thioether (sulfide) groups is 1. The molecule has 0 aliphatic rings. The molecule has 0 radical (unpaired) electrons. The minimum Gasteiger partial charge on any atom is -0.287 e. The third-order valence-electron chi connectivity index (χ3n) is 3.25. The van der Waals surface area contributed by atoms with E-state index in [0.29, 0.717) is 0 Å². The number of carbonyl (C=O) groups is 2. The lowest BCUT2D eigenvalue weighted by atomic mass is 10.3. The van der Waals surface area contributed by atoms with Crippen LogP contribution in [0.5, 0.6) is 0 Å². The number of imidazole rings is 1. The van der Waals surface area contributed by atoms with Crippen molar-refractivity contribution in [2.45, 2.75) is 12.1 Å². The third kappa shape index (κ3) is 3.57. The molecular formula is C17H16N4O2S. The molecule has 0 aliphatic heterocycles. The highest BCUT2D eigenvalue weighted by molar-refractivity contribution is 7.99. The van der Waals surface area contributed by atoms with Crippen LogP contribution >= 0.6 is 11.8 Å². The van der Waals surface area contributed by atoms with Gasteiger partial charge in [0, 0.05) is 12.6 Å². The lowest BCUT2D eigenvalue weighted by Crippen LogP contribution is -2.41. The first-order valence-electron chi connectivity index (χ1n) is 7.36. The molecule has 3 rings (SSSR count). The first-order valence-corrected chi connectivity index (χ1v) is 8.35. The van der Waals surface area contributed by atoms with E-state index in [1.807, 2.05) is 59.2 Å². The highest BCUT2D eigenvalue weighted by Gasteiger charge is 2.14. The number of amides is 2. The van der Waals surface area contributed by atoms with Crippen LogP contribution in [0.2, 0.25) is 0 Å². The molecule has 0 unspecified atom stereocenters. The summed E-state index contributed by atoms with van der Waals surface area (Å²) in [6.07, 6.45) is 0. The van der Waals surface area contributed by atoms with Gasteiger partial charge >= 0.3 is 0 Å². The Bertz CT molecular complexity index is 877. The van der Waals surface area contributed by atoms with Gasteiger partial charge in [-0.1, -0.05) is 42.1 Å². The van der Waals surface area contributed by atoms with E-state index >= 15 is 0 Å². The number of nitrogens with zero attached hydrogens (tertiary/aromatic N) is 2. The number of rotatable bonds is 4. The molecule has 24 heavy (non-hydrogen) atoms. The van der Waals surface area contributed by atoms with Gasteiger partial charge in [-0.25, -0.2) is 4.98 Å². The molecule has 7 heteroatoms. The van der Waals surface area contributed by atoms with Crippen LogP contribution in [0.15, 0.2) is 59.8 Å². The summed E-state index contributed by atoms with van der Waals surface area (Å²) < 4.78 is 2.02. The van der Waals surface area contributed by atoms with E-state index in [4.69, 9.17) is 0 Å². The number of nitrogens with one attached hydrogen (secondary N) is 2. The highest BCUT2D eigenvalue weighted by Crippen LogP contribution is 2.27. The van der Waals surface area contributed by atoms with Crippen LogP contribution in [0, 0.1) is 0 Å². The van der Waals surface area contributed by atoms with Gasteiger partial charge in [0.15, 0.2) is 5.16 Å². The van der Waals surface area contributed by atoms with E-state index in [1.165, 1.54) is 18.7 Å². The molecule has 0 fully saturated rings. The number of benzene rings is 2. The summed E-state index contributed by atoms with van der Waals surface area (Å²) in [5, 5.41) is 0.723. The van der Waals surface area contributed by atoms with Crippen molar-refractivity contribution in [2.75, 3.05) is 5.75 Å². The molecule has 0 saturated carbocycles. The van der Waals surface area contributed by atoms with Gasteiger partial charge in [0.1, 0.15) is 0 Å². The maximum Gasteiger partial charge on any atom is 0.248 e. The average Bonchev–Trinajstić information content (AvgIpc) is 2.97. The zero-order valence-corrected chi connectivity index (χ0v) is 13.8. The Hall–Kier alpha value is -2.80. The fourth-order valence-electron chi connectivity index (χ4n) is 2.25. The van der Waals surface area contributed by atoms with E-state index < -0.39 is 0 Å². The third-order valence-corrected chi connectivity index (χ3v) is 4.19. The highest BCUT2D eigenvalue weighted by atomic mass is 32.2. The van der Waals surface area contributed by atoms with Crippen molar-refractivity contribution in [2.24, 2.45) is 0 Å². The van der Waals surface area contributed by atoms with Crippen LogP contribution in [0.25, 0.3) is 16.7 Å². The van der Waals surface area contributed by atoms with E-state index in [1.54, 1.807) is 0 Å². The van der Waals surface area contributed by atoms with E-state index in [9.17, 15) is 9.59 Å².